The lowest BCUT2D eigenvalue weighted by Crippen LogP contribution is -2.54. The number of rotatable bonds is 9. The van der Waals surface area contributed by atoms with Gasteiger partial charge in [0.15, 0.2) is 4.87 Å². The van der Waals surface area contributed by atoms with Gasteiger partial charge in [-0.3, -0.25) is 4.98 Å². The normalized spacial score (nSPS) is 14.2. The second-order valence-corrected chi connectivity index (χ2v) is 15.4. The first kappa shape index (κ1) is 34.3. The SMILES string of the molecule is CC(C)(C)OC(=O)N(c1cccc(C(N)(Cc2ccc(-c3ccccc3)cc2)S(=O)(=O)c2cccnc2)n1)C(C(=O)O)C(C)(C)C. The van der Waals surface area contributed by atoms with Gasteiger partial charge in [-0.1, -0.05) is 81.4 Å². The predicted molar refractivity (Wildman–Crippen MR) is 177 cm³/mol. The number of benzene rings is 2. The molecule has 2 aromatic carbocycles. The Hall–Kier alpha value is -4.61. The third kappa shape index (κ3) is 7.43. The number of aliphatic carboxylic acids is 1. The van der Waals surface area contributed by atoms with Crippen LogP contribution in [0.4, 0.5) is 10.6 Å². The number of ether oxygens (including phenoxy) is 1. The number of carbonyl (C=O) groups excluding carboxylic acids is 1. The molecule has 2 atom stereocenters. The summed E-state index contributed by atoms with van der Waals surface area (Å²) in [6, 6.07) is 23.0. The molecule has 0 bridgehead atoms. The van der Waals surface area contributed by atoms with Gasteiger partial charge in [-0.25, -0.2) is 27.9 Å². The largest absolute Gasteiger partial charge is 0.480 e. The molecular weight excluding hydrogens is 604 g/mol. The highest BCUT2D eigenvalue weighted by Gasteiger charge is 2.47. The molecule has 0 spiro atoms. The number of carbonyl (C=O) groups is 2. The average Bonchev–Trinajstić information content (AvgIpc) is 2.99. The Balaban J connectivity index is 1.89. The fraction of sp³-hybridized carbons (Fsp3) is 0.314. The van der Waals surface area contributed by atoms with Crippen LogP contribution in [0.2, 0.25) is 0 Å². The number of pyridine rings is 2. The molecule has 2 heterocycles. The summed E-state index contributed by atoms with van der Waals surface area (Å²) in [7, 11) is -4.37. The van der Waals surface area contributed by atoms with Crippen LogP contribution < -0.4 is 10.6 Å². The van der Waals surface area contributed by atoms with Gasteiger partial charge in [0.1, 0.15) is 17.5 Å². The van der Waals surface area contributed by atoms with Crippen molar-refractivity contribution >= 4 is 27.7 Å². The summed E-state index contributed by atoms with van der Waals surface area (Å²) >= 11 is 0. The van der Waals surface area contributed by atoms with Crippen LogP contribution in [0.5, 0.6) is 0 Å². The van der Waals surface area contributed by atoms with E-state index >= 15 is 0 Å². The Morgan fingerprint density at radius 3 is 2.04 bits per heavy atom. The van der Waals surface area contributed by atoms with E-state index in [1.807, 2.05) is 42.5 Å². The van der Waals surface area contributed by atoms with Crippen molar-refractivity contribution in [1.82, 2.24) is 9.97 Å². The van der Waals surface area contributed by atoms with Gasteiger partial charge < -0.3 is 15.6 Å². The van der Waals surface area contributed by atoms with Crippen LogP contribution in [-0.4, -0.2) is 47.2 Å². The first-order valence-corrected chi connectivity index (χ1v) is 16.2. The number of hydrogen-bond donors (Lipinski definition) is 2. The zero-order valence-corrected chi connectivity index (χ0v) is 27.7. The minimum Gasteiger partial charge on any atom is -0.480 e. The molecule has 0 saturated heterocycles. The molecule has 0 aliphatic rings. The van der Waals surface area contributed by atoms with Crippen molar-refractivity contribution in [1.29, 1.82) is 0 Å². The maximum Gasteiger partial charge on any atom is 0.416 e. The van der Waals surface area contributed by atoms with Crippen molar-refractivity contribution in [3.63, 3.8) is 0 Å². The van der Waals surface area contributed by atoms with Crippen LogP contribution >= 0.6 is 0 Å². The van der Waals surface area contributed by atoms with E-state index in [4.69, 9.17) is 10.5 Å². The molecule has 242 valence electrons. The highest BCUT2D eigenvalue weighted by atomic mass is 32.2. The second kappa shape index (κ2) is 13.0. The molecule has 1 amide bonds. The summed E-state index contributed by atoms with van der Waals surface area (Å²) in [5.74, 6) is -1.41. The average molecular weight is 645 g/mol. The van der Waals surface area contributed by atoms with E-state index in [0.29, 0.717) is 5.56 Å². The minimum atomic E-state index is -4.37. The topological polar surface area (TPSA) is 153 Å². The molecule has 2 unspecified atom stereocenters. The summed E-state index contributed by atoms with van der Waals surface area (Å²) in [6.45, 7) is 10.0. The number of nitrogens with two attached hydrogens (primary N) is 1. The van der Waals surface area contributed by atoms with E-state index in [2.05, 4.69) is 9.97 Å². The van der Waals surface area contributed by atoms with Crippen LogP contribution in [0.1, 0.15) is 52.8 Å². The molecule has 0 radical (unpaired) electrons. The Morgan fingerprint density at radius 2 is 1.50 bits per heavy atom. The summed E-state index contributed by atoms with van der Waals surface area (Å²) in [5, 5.41) is 10.3. The van der Waals surface area contributed by atoms with Crippen LogP contribution in [-0.2, 0) is 30.7 Å². The monoisotopic (exact) mass is 644 g/mol. The highest BCUT2D eigenvalue weighted by Crippen LogP contribution is 2.36. The van der Waals surface area contributed by atoms with Gasteiger partial charge in [0.2, 0.25) is 9.84 Å². The molecule has 10 nitrogen and oxygen atoms in total. The number of carboxylic acid groups (broad SMARTS) is 1. The van der Waals surface area contributed by atoms with E-state index in [1.165, 1.54) is 42.7 Å². The molecule has 0 aliphatic heterocycles. The smallest absolute Gasteiger partial charge is 0.416 e. The van der Waals surface area contributed by atoms with Gasteiger partial charge in [-0.05, 0) is 67.1 Å². The van der Waals surface area contributed by atoms with E-state index in [9.17, 15) is 23.1 Å². The van der Waals surface area contributed by atoms with E-state index in [1.54, 1.807) is 53.7 Å². The zero-order chi connectivity index (χ0) is 33.9. The summed E-state index contributed by atoms with van der Waals surface area (Å²) in [4.78, 5) is 33.5. The Kier molecular flexibility index (Phi) is 9.70. The van der Waals surface area contributed by atoms with Gasteiger partial charge in [0.25, 0.3) is 0 Å². The number of sulfone groups is 1. The van der Waals surface area contributed by atoms with Crippen LogP contribution in [0, 0.1) is 5.41 Å². The molecule has 2 aromatic heterocycles. The van der Waals surface area contributed by atoms with Gasteiger partial charge in [-0.15, -0.1) is 0 Å². The standard InChI is InChI=1S/C35H40N4O6S/c1-33(2,3)30(31(40)41)39(32(42)45-34(4,5)6)29-16-10-15-28(38-29)35(36,46(43,44)27-14-11-21-37-23-27)22-24-17-19-26(20-18-24)25-12-8-7-9-13-25/h7-21,23,30H,22,36H2,1-6H3,(H,40,41). The third-order valence-electron chi connectivity index (χ3n) is 7.27. The molecule has 11 heteroatoms. The summed E-state index contributed by atoms with van der Waals surface area (Å²) in [5.41, 5.74) is 7.49. The fourth-order valence-electron chi connectivity index (χ4n) is 5.09. The Bertz CT molecular complexity index is 1790. The number of nitrogens with zero attached hydrogens (tertiary/aromatic N) is 3. The van der Waals surface area contributed by atoms with Crippen molar-refractivity contribution in [2.75, 3.05) is 4.90 Å². The zero-order valence-electron chi connectivity index (χ0n) is 26.8. The number of aromatic nitrogens is 2. The number of anilines is 1. The number of hydrogen-bond acceptors (Lipinski definition) is 8. The lowest BCUT2D eigenvalue weighted by Gasteiger charge is -2.37. The highest BCUT2D eigenvalue weighted by molar-refractivity contribution is 7.92. The first-order chi connectivity index (χ1) is 21.4. The first-order valence-electron chi connectivity index (χ1n) is 14.7. The maximum absolute atomic E-state index is 14.3. The van der Waals surface area contributed by atoms with Crippen LogP contribution in [0.25, 0.3) is 11.1 Å². The maximum atomic E-state index is 14.3. The van der Waals surface area contributed by atoms with E-state index in [0.717, 1.165) is 16.0 Å². The number of amides is 1. The summed E-state index contributed by atoms with van der Waals surface area (Å²) < 4.78 is 34.3. The minimum absolute atomic E-state index is 0.0902. The van der Waals surface area contributed by atoms with Gasteiger partial charge in [0, 0.05) is 18.8 Å². The predicted octanol–water partition coefficient (Wildman–Crippen LogP) is 6.21. The van der Waals surface area contributed by atoms with E-state index in [-0.39, 0.29) is 22.8 Å². The second-order valence-electron chi connectivity index (χ2n) is 13.2. The molecule has 4 aromatic rings. The lowest BCUT2D eigenvalue weighted by molar-refractivity contribution is -0.141. The summed E-state index contributed by atoms with van der Waals surface area (Å²) in [6.07, 6.45) is 1.53. The number of carboxylic acids is 1. The van der Waals surface area contributed by atoms with Crippen LogP contribution in [0.3, 0.4) is 0 Å². The molecule has 0 aliphatic carbocycles. The van der Waals surface area contributed by atoms with Gasteiger partial charge in [0.05, 0.1) is 10.6 Å². The van der Waals surface area contributed by atoms with Crippen molar-refractivity contribution in [3.05, 3.63) is 109 Å². The quantitative estimate of drug-likeness (QED) is 0.216. The molecule has 3 N–H and O–H groups in total. The third-order valence-corrected chi connectivity index (χ3v) is 9.44. The van der Waals surface area contributed by atoms with E-state index < -0.39 is 43.8 Å². The lowest BCUT2D eigenvalue weighted by atomic mass is 9.85. The Morgan fingerprint density at radius 1 is 0.870 bits per heavy atom. The van der Waals surface area contributed by atoms with Crippen molar-refractivity contribution in [3.8, 4) is 11.1 Å². The van der Waals surface area contributed by atoms with Crippen molar-refractivity contribution in [2.24, 2.45) is 11.1 Å². The fourth-order valence-corrected chi connectivity index (χ4v) is 6.72. The van der Waals surface area contributed by atoms with Crippen molar-refractivity contribution in [2.45, 2.75) is 69.4 Å². The molecule has 0 saturated carbocycles. The molecular formula is C35H40N4O6S. The van der Waals surface area contributed by atoms with Gasteiger partial charge in [-0.2, -0.15) is 0 Å². The Labute approximate surface area is 270 Å². The van der Waals surface area contributed by atoms with Crippen LogP contribution in [0.15, 0.2) is 102 Å². The van der Waals surface area contributed by atoms with Crippen molar-refractivity contribution < 1.29 is 27.9 Å². The molecule has 0 fully saturated rings. The molecule has 46 heavy (non-hydrogen) atoms. The van der Waals surface area contributed by atoms with Gasteiger partial charge >= 0.3 is 12.1 Å². The molecule has 4 rings (SSSR count).